The van der Waals surface area contributed by atoms with Crippen molar-refractivity contribution in [2.24, 2.45) is 0 Å². The number of benzene rings is 8. The van der Waals surface area contributed by atoms with Crippen LogP contribution in [0.1, 0.15) is 230 Å². The molecule has 9 amide bonds. The summed E-state index contributed by atoms with van der Waals surface area (Å²) in [6, 6.07) is 53.4. The quantitative estimate of drug-likeness (QED) is 0.0117. The minimum Gasteiger partial charge on any atom is -0.489 e. The number of piperidine rings is 5. The van der Waals surface area contributed by atoms with Crippen LogP contribution < -0.4 is 56.2 Å². The fourth-order valence-electron chi connectivity index (χ4n) is 19.7. The molecular formula is C111H129N13O17. The summed E-state index contributed by atoms with van der Waals surface area (Å²) in [7, 11) is 2.18. The molecule has 7 N–H and O–H groups in total. The van der Waals surface area contributed by atoms with Crippen molar-refractivity contribution in [3.05, 3.63) is 308 Å². The molecule has 0 spiro atoms. The molecule has 11 aliphatic heterocycles. The van der Waals surface area contributed by atoms with Gasteiger partial charge in [0.05, 0.1) is 26.2 Å². The molecule has 8 aromatic carbocycles. The standard InChI is InChI=1S/C30H36N4O4.C28H33N3O4.C27H31N3O4.C26H29N3O5/c1-21-9-14-26(29(36)32-21)34-19-25-24(30(34)37)7-5-8-27(25)38-20-22-10-12-23(13-11-22)28(35)31-15-6-18-33-16-3-2-4-17-33;1-19-6-11-25(27(32)29-19)31-17-24-23(28(31)33)4-3-5-26(24)35-18-21-9-7-20(8-10-21)16-30(2)22-12-14-34-15-13-22;1-18-5-10-24(26(31)29-18)30-16-23-22(27(30)32)3-2-4-25(23)34-17-20-8-6-19(7-9-20)15-28-21-11-13-33-14-12-21;1-17-7-12-22(24(31)28-17)29-14-21-20(25(29)32)5-4-6-23(21)33-15-19-10-8-18(9-11-19)13-27-26(2,3)34-16-30/h5,7-8,10-13,26H,1-4,6,9,14-20H2,(H,31,35)(H,32,36);3-5,7-10,22,25H,1,6,11-18H2,2H3,(H,29,32);2-4,6-9,21,24,28H,1,5,10-17H2,(H,29,31);4-6,8-11,16,22,27H,1,7,12-15H2,2-3H3,(H,28,31). The molecular weight excluding hydrogens is 1790 g/mol. The molecule has 11 heterocycles. The molecule has 0 aromatic heterocycles. The first-order chi connectivity index (χ1) is 68.3. The van der Waals surface area contributed by atoms with Crippen molar-refractivity contribution < 1.29 is 81.1 Å². The largest absolute Gasteiger partial charge is 0.489 e. The van der Waals surface area contributed by atoms with Gasteiger partial charge in [0, 0.05) is 138 Å². The van der Waals surface area contributed by atoms with Gasteiger partial charge in [-0.1, -0.05) is 142 Å². The van der Waals surface area contributed by atoms with Crippen LogP contribution in [0.15, 0.2) is 219 Å². The van der Waals surface area contributed by atoms with E-state index in [1.165, 1.54) is 43.5 Å². The number of likely N-dealkylation sites (tertiary alicyclic amines) is 1. The van der Waals surface area contributed by atoms with Crippen LogP contribution in [0.4, 0.5) is 0 Å². The Balaban J connectivity index is 0.000000136. The Bertz CT molecular complexity index is 5930. The first-order valence-electron chi connectivity index (χ1n) is 49.3. The van der Waals surface area contributed by atoms with Crippen LogP contribution in [-0.4, -0.2) is 191 Å². The van der Waals surface area contributed by atoms with Crippen LogP contribution in [0, 0.1) is 0 Å². The number of hydrogen-bond donors (Lipinski definition) is 7. The van der Waals surface area contributed by atoms with E-state index in [0.717, 1.165) is 128 Å². The predicted octanol–water partition coefficient (Wildman–Crippen LogP) is 13.5. The zero-order valence-electron chi connectivity index (χ0n) is 80.9. The Labute approximate surface area is 824 Å². The Kier molecular flexibility index (Phi) is 33.5. The molecule has 0 aliphatic carbocycles. The predicted molar refractivity (Wildman–Crippen MR) is 531 cm³/mol. The van der Waals surface area contributed by atoms with E-state index in [4.69, 9.17) is 33.2 Å². The van der Waals surface area contributed by atoms with Crippen LogP contribution in [0.25, 0.3) is 0 Å². The van der Waals surface area contributed by atoms with E-state index >= 15 is 0 Å². The lowest BCUT2D eigenvalue weighted by atomic mass is 10.0. The molecule has 19 rings (SSSR count). The van der Waals surface area contributed by atoms with E-state index in [0.29, 0.717) is 209 Å². The second kappa shape index (κ2) is 47.1. The van der Waals surface area contributed by atoms with Gasteiger partial charge in [0.15, 0.2) is 5.72 Å². The Morgan fingerprint density at radius 2 is 0.766 bits per heavy atom. The summed E-state index contributed by atoms with van der Waals surface area (Å²) >= 11 is 0. The number of hydrogen-bond acceptors (Lipinski definition) is 21. The number of carbonyl (C=O) groups is 10. The molecule has 7 saturated heterocycles. The summed E-state index contributed by atoms with van der Waals surface area (Å²) in [5, 5.41) is 20.9. The van der Waals surface area contributed by atoms with Crippen LogP contribution in [0.2, 0.25) is 0 Å². The molecule has 11 aliphatic rings. The summed E-state index contributed by atoms with van der Waals surface area (Å²) in [6.07, 6.45) is 14.2. The van der Waals surface area contributed by atoms with Crippen molar-refractivity contribution in [2.45, 2.75) is 231 Å². The van der Waals surface area contributed by atoms with Gasteiger partial charge in [-0.25, -0.2) is 0 Å². The highest BCUT2D eigenvalue weighted by Gasteiger charge is 2.45. The zero-order valence-corrected chi connectivity index (χ0v) is 80.9. The summed E-state index contributed by atoms with van der Waals surface area (Å²) in [6.45, 7) is 32.0. The molecule has 0 radical (unpaired) electrons. The topological polar surface area (TPSA) is 339 Å². The van der Waals surface area contributed by atoms with Gasteiger partial charge >= 0.3 is 0 Å². The van der Waals surface area contributed by atoms with E-state index in [9.17, 15) is 47.9 Å². The van der Waals surface area contributed by atoms with E-state index in [1.807, 2.05) is 97.1 Å². The Hall–Kier alpha value is -13.6. The maximum atomic E-state index is 13.1. The third-order valence-corrected chi connectivity index (χ3v) is 28.0. The van der Waals surface area contributed by atoms with Gasteiger partial charge < -0.3 is 89.6 Å². The fourth-order valence-corrected chi connectivity index (χ4v) is 19.7. The lowest BCUT2D eigenvalue weighted by Crippen LogP contribution is -2.49. The normalized spacial score (nSPS) is 19.8. The van der Waals surface area contributed by atoms with Crippen LogP contribution >= 0.6 is 0 Å². The number of nitrogens with one attached hydrogen (secondary N) is 7. The SMILES string of the molecule is C=C1CCC(N2Cc3c(OCc4ccc(C(=O)NCCCN5CCCCC5)cc4)cccc3C2=O)C(=O)N1.C=C1CCC(N2Cc3c(OCc4ccc(CN(C)C5CCOCC5)cc4)cccc3C2=O)C(=O)N1.C=C1CCC(N2Cc3c(OCc4ccc(CNC(C)(C)OC=O)cc4)cccc3C2=O)C(=O)N1.C=C1CCC(N2Cc3c(OCc4ccc(CNC5CCOCC5)cc4)cccc3C2=O)C(=O)N1. The first-order valence-corrected chi connectivity index (χ1v) is 49.3. The molecule has 141 heavy (non-hydrogen) atoms. The molecule has 4 atom stereocenters. The molecule has 8 aromatic rings. The Morgan fingerprint density at radius 3 is 1.12 bits per heavy atom. The fraction of sp³-hybridized carbons (Fsp3) is 0.405. The number of rotatable bonds is 32. The number of nitrogens with zero attached hydrogens (tertiary/aromatic N) is 6. The van der Waals surface area contributed by atoms with Gasteiger partial charge in [0.2, 0.25) is 23.6 Å². The maximum Gasteiger partial charge on any atom is 0.294 e. The van der Waals surface area contributed by atoms with Crippen molar-refractivity contribution in [1.82, 2.24) is 66.6 Å². The average Bonchev–Trinajstić information content (AvgIpc) is 1.64. The van der Waals surface area contributed by atoms with E-state index in [1.54, 1.807) is 57.7 Å². The Morgan fingerprint density at radius 1 is 0.433 bits per heavy atom. The second-order valence-corrected chi connectivity index (χ2v) is 38.4. The van der Waals surface area contributed by atoms with Gasteiger partial charge in [0.25, 0.3) is 36.0 Å². The summed E-state index contributed by atoms with van der Waals surface area (Å²) in [5.41, 5.74) is 16.0. The number of fused-ring (bicyclic) bond motifs is 4. The van der Waals surface area contributed by atoms with Gasteiger partial charge in [-0.3, -0.25) is 58.2 Å². The third-order valence-electron chi connectivity index (χ3n) is 28.0. The van der Waals surface area contributed by atoms with Crippen LogP contribution in [0.3, 0.4) is 0 Å². The molecule has 30 nitrogen and oxygen atoms in total. The zero-order chi connectivity index (χ0) is 98.6. The minimum absolute atomic E-state index is 0.0640. The molecule has 0 saturated carbocycles. The molecule has 30 heteroatoms. The van der Waals surface area contributed by atoms with Crippen molar-refractivity contribution in [3.8, 4) is 23.0 Å². The van der Waals surface area contributed by atoms with Crippen molar-refractivity contribution >= 4 is 59.6 Å². The monoisotopic (exact) mass is 1920 g/mol. The van der Waals surface area contributed by atoms with E-state index in [2.05, 4.69) is 129 Å². The first kappa shape index (κ1) is 100. The summed E-state index contributed by atoms with van der Waals surface area (Å²) < 4.78 is 40.4. The van der Waals surface area contributed by atoms with Crippen LogP contribution in [0.5, 0.6) is 23.0 Å². The molecule has 740 valence electrons. The van der Waals surface area contributed by atoms with Crippen LogP contribution in [-0.2, 0) is 110 Å². The number of carbonyl (C=O) groups excluding carboxylic acids is 10. The highest BCUT2D eigenvalue weighted by Crippen LogP contribution is 2.40. The molecule has 4 unspecified atom stereocenters. The molecule has 7 fully saturated rings. The minimum atomic E-state index is -0.741. The van der Waals surface area contributed by atoms with Crippen molar-refractivity contribution in [3.63, 3.8) is 0 Å². The van der Waals surface area contributed by atoms with Gasteiger partial charge in [-0.15, -0.1) is 0 Å². The lowest BCUT2D eigenvalue weighted by Gasteiger charge is -2.31. The third kappa shape index (κ3) is 25.6. The number of allylic oxidation sites excluding steroid dienone is 4. The second-order valence-electron chi connectivity index (χ2n) is 38.4. The number of ether oxygens (including phenoxy) is 7. The maximum absolute atomic E-state index is 13.1. The van der Waals surface area contributed by atoms with Gasteiger partial charge in [-0.05, 0) is 236 Å². The van der Waals surface area contributed by atoms with Gasteiger partial charge in [-0.2, -0.15) is 0 Å². The van der Waals surface area contributed by atoms with Crippen molar-refractivity contribution in [2.75, 3.05) is 59.7 Å². The van der Waals surface area contributed by atoms with E-state index in [-0.39, 0.29) is 53.2 Å². The highest BCUT2D eigenvalue weighted by atomic mass is 16.6. The highest BCUT2D eigenvalue weighted by molar-refractivity contribution is 6.05. The smallest absolute Gasteiger partial charge is 0.294 e. The molecule has 0 bridgehead atoms. The lowest BCUT2D eigenvalue weighted by molar-refractivity contribution is -0.143. The average molecular weight is 1920 g/mol. The van der Waals surface area contributed by atoms with E-state index < -0.39 is 29.9 Å². The van der Waals surface area contributed by atoms with Crippen molar-refractivity contribution in [1.29, 1.82) is 0 Å². The summed E-state index contributed by atoms with van der Waals surface area (Å²) in [4.78, 5) is 136. The van der Waals surface area contributed by atoms with Gasteiger partial charge in [0.1, 0.15) is 73.6 Å². The number of amides is 9. The summed E-state index contributed by atoms with van der Waals surface area (Å²) in [5.74, 6) is 1.39.